The molecular weight excluding hydrogens is 212 g/mol. The fourth-order valence-corrected chi connectivity index (χ4v) is 1.33. The number of likely N-dealkylation sites (tertiary alicyclic amines) is 1. The first kappa shape index (κ1) is 14.6. The number of hydrogen-bond donors (Lipinski definition) is 3. The molecule has 0 radical (unpaired) electrons. The molecule has 0 aliphatic carbocycles. The van der Waals surface area contributed by atoms with E-state index in [1.54, 1.807) is 0 Å². The predicted octanol–water partition coefficient (Wildman–Crippen LogP) is -0.247. The van der Waals surface area contributed by atoms with Crippen LogP contribution in [0.4, 0.5) is 0 Å². The maximum Gasteiger partial charge on any atom is 0.328 e. The molecule has 0 spiro atoms. The van der Waals surface area contributed by atoms with E-state index in [2.05, 4.69) is 4.90 Å². The molecule has 1 heterocycles. The van der Waals surface area contributed by atoms with Gasteiger partial charge in [-0.15, -0.1) is 0 Å². The van der Waals surface area contributed by atoms with E-state index in [9.17, 15) is 9.59 Å². The molecule has 0 saturated carbocycles. The van der Waals surface area contributed by atoms with Crippen LogP contribution in [0.2, 0.25) is 0 Å². The zero-order valence-electron chi connectivity index (χ0n) is 9.13. The second kappa shape index (κ2) is 8.87. The van der Waals surface area contributed by atoms with Gasteiger partial charge in [0, 0.05) is 25.2 Å². The number of carboxylic acid groups (broad SMARTS) is 2. The third kappa shape index (κ3) is 9.17. The van der Waals surface area contributed by atoms with E-state index in [4.69, 9.17) is 15.9 Å². The smallest absolute Gasteiger partial charge is 0.328 e. The molecule has 4 N–H and O–H groups in total. The molecule has 92 valence electrons. The fourth-order valence-electron chi connectivity index (χ4n) is 1.33. The number of nitrogens with two attached hydrogens (primary N) is 1. The summed E-state index contributed by atoms with van der Waals surface area (Å²) in [5.41, 5.74) is 5.37. The first-order chi connectivity index (χ1) is 7.56. The van der Waals surface area contributed by atoms with Crippen LogP contribution >= 0.6 is 0 Å². The minimum Gasteiger partial charge on any atom is -0.478 e. The molecule has 6 heteroatoms. The highest BCUT2D eigenvalue weighted by Gasteiger charge is 2.08. The minimum atomic E-state index is -1.26. The van der Waals surface area contributed by atoms with Crippen molar-refractivity contribution < 1.29 is 19.8 Å². The van der Waals surface area contributed by atoms with E-state index >= 15 is 0 Å². The Labute approximate surface area is 94.3 Å². The lowest BCUT2D eigenvalue weighted by Gasteiger charge is -2.11. The summed E-state index contributed by atoms with van der Waals surface area (Å²) in [5, 5.41) is 15.6. The number of nitrogens with zero attached hydrogens (tertiary/aromatic N) is 1. The van der Waals surface area contributed by atoms with Gasteiger partial charge in [-0.25, -0.2) is 9.59 Å². The summed E-state index contributed by atoms with van der Waals surface area (Å²) in [7, 11) is 0. The number of aliphatic carboxylic acids is 2. The lowest BCUT2D eigenvalue weighted by atomic mass is 10.4. The molecule has 1 saturated heterocycles. The molecule has 0 aromatic heterocycles. The molecular formula is C10H18N2O4. The second-order valence-corrected chi connectivity index (χ2v) is 3.35. The van der Waals surface area contributed by atoms with E-state index in [1.807, 2.05) is 0 Å². The first-order valence-electron chi connectivity index (χ1n) is 5.12. The number of hydrogen-bond acceptors (Lipinski definition) is 4. The Morgan fingerprint density at radius 3 is 1.88 bits per heavy atom. The van der Waals surface area contributed by atoms with Crippen LogP contribution in [-0.4, -0.2) is 53.2 Å². The van der Waals surface area contributed by atoms with Gasteiger partial charge in [0.05, 0.1) is 0 Å². The van der Waals surface area contributed by atoms with E-state index in [0.717, 1.165) is 13.1 Å². The van der Waals surface area contributed by atoms with E-state index in [-0.39, 0.29) is 0 Å². The van der Waals surface area contributed by atoms with Crippen LogP contribution in [0.25, 0.3) is 0 Å². The second-order valence-electron chi connectivity index (χ2n) is 3.35. The van der Waals surface area contributed by atoms with Crippen LogP contribution in [0.1, 0.15) is 12.8 Å². The van der Waals surface area contributed by atoms with E-state index < -0.39 is 11.9 Å². The Kier molecular flexibility index (Phi) is 8.10. The molecule has 0 bridgehead atoms. The Hall–Kier alpha value is -1.40. The molecule has 0 atom stereocenters. The lowest BCUT2D eigenvalue weighted by Crippen LogP contribution is -2.26. The molecule has 0 amide bonds. The number of carboxylic acids is 2. The average Bonchev–Trinajstić information content (AvgIpc) is 2.69. The summed E-state index contributed by atoms with van der Waals surface area (Å²) >= 11 is 0. The van der Waals surface area contributed by atoms with Crippen LogP contribution in [0, 0.1) is 0 Å². The summed E-state index contributed by atoms with van der Waals surface area (Å²) in [6, 6.07) is 0. The Balaban J connectivity index is 0.000000281. The van der Waals surface area contributed by atoms with Crippen LogP contribution in [0.5, 0.6) is 0 Å². The SMILES string of the molecule is NCCN1CCCC1.O=C(O)/C=C/C(=O)O. The third-order valence-electron chi connectivity index (χ3n) is 2.01. The largest absolute Gasteiger partial charge is 0.478 e. The highest BCUT2D eigenvalue weighted by Crippen LogP contribution is 2.04. The average molecular weight is 230 g/mol. The predicted molar refractivity (Wildman–Crippen MR) is 59.1 cm³/mol. The van der Waals surface area contributed by atoms with Gasteiger partial charge in [0.15, 0.2) is 0 Å². The fraction of sp³-hybridized carbons (Fsp3) is 0.600. The minimum absolute atomic E-state index is 0.558. The molecule has 0 unspecified atom stereocenters. The maximum absolute atomic E-state index is 9.55. The molecule has 0 aromatic carbocycles. The zero-order chi connectivity index (χ0) is 12.4. The van der Waals surface area contributed by atoms with Gasteiger partial charge in [-0.05, 0) is 25.9 Å². The highest BCUT2D eigenvalue weighted by atomic mass is 16.4. The quantitative estimate of drug-likeness (QED) is 0.575. The molecule has 1 aliphatic rings. The van der Waals surface area contributed by atoms with Crippen molar-refractivity contribution in [2.75, 3.05) is 26.2 Å². The van der Waals surface area contributed by atoms with Gasteiger partial charge in [0.2, 0.25) is 0 Å². The Morgan fingerprint density at radius 2 is 1.56 bits per heavy atom. The summed E-state index contributed by atoms with van der Waals surface area (Å²) in [6.07, 6.45) is 3.87. The van der Waals surface area contributed by atoms with Crippen molar-refractivity contribution in [2.24, 2.45) is 5.73 Å². The van der Waals surface area contributed by atoms with Gasteiger partial charge in [0.1, 0.15) is 0 Å². The van der Waals surface area contributed by atoms with Gasteiger partial charge in [-0.1, -0.05) is 0 Å². The van der Waals surface area contributed by atoms with Gasteiger partial charge >= 0.3 is 11.9 Å². The zero-order valence-corrected chi connectivity index (χ0v) is 9.13. The standard InChI is InChI=1S/C6H14N2.C4H4O4/c7-3-6-8-4-1-2-5-8;5-3(6)1-2-4(7)8/h1-7H2;1-2H,(H,5,6)(H,7,8)/b;2-1+. The molecule has 1 fully saturated rings. The Morgan fingerprint density at radius 1 is 1.12 bits per heavy atom. The lowest BCUT2D eigenvalue weighted by molar-refractivity contribution is -0.134. The van der Waals surface area contributed by atoms with Crippen LogP contribution in [0.15, 0.2) is 12.2 Å². The number of rotatable bonds is 4. The van der Waals surface area contributed by atoms with Gasteiger partial charge in [-0.3, -0.25) is 0 Å². The van der Waals surface area contributed by atoms with Crippen molar-refractivity contribution in [2.45, 2.75) is 12.8 Å². The van der Waals surface area contributed by atoms with Crippen LogP contribution in [0.3, 0.4) is 0 Å². The van der Waals surface area contributed by atoms with Crippen LogP contribution in [-0.2, 0) is 9.59 Å². The summed E-state index contributed by atoms with van der Waals surface area (Å²) in [6.45, 7) is 4.47. The van der Waals surface area contributed by atoms with Crippen molar-refractivity contribution in [3.63, 3.8) is 0 Å². The van der Waals surface area contributed by atoms with Crippen molar-refractivity contribution in [1.29, 1.82) is 0 Å². The molecule has 1 aliphatic heterocycles. The van der Waals surface area contributed by atoms with Crippen molar-refractivity contribution >= 4 is 11.9 Å². The maximum atomic E-state index is 9.55. The first-order valence-corrected chi connectivity index (χ1v) is 5.12. The van der Waals surface area contributed by atoms with Crippen molar-refractivity contribution in [3.8, 4) is 0 Å². The molecule has 16 heavy (non-hydrogen) atoms. The van der Waals surface area contributed by atoms with E-state index in [1.165, 1.54) is 25.9 Å². The topological polar surface area (TPSA) is 104 Å². The van der Waals surface area contributed by atoms with Gasteiger partial charge in [0.25, 0.3) is 0 Å². The molecule has 1 rings (SSSR count). The Bertz CT molecular complexity index is 231. The third-order valence-corrected chi connectivity index (χ3v) is 2.01. The normalized spacial score (nSPS) is 15.8. The summed E-state index contributed by atoms with van der Waals surface area (Å²) in [5.74, 6) is -2.51. The van der Waals surface area contributed by atoms with Gasteiger partial charge < -0.3 is 20.8 Å². The monoisotopic (exact) mass is 230 g/mol. The summed E-state index contributed by atoms with van der Waals surface area (Å²) in [4.78, 5) is 21.5. The van der Waals surface area contributed by atoms with Crippen molar-refractivity contribution in [3.05, 3.63) is 12.2 Å². The number of carbonyl (C=O) groups is 2. The summed E-state index contributed by atoms with van der Waals surface area (Å²) < 4.78 is 0. The van der Waals surface area contributed by atoms with Crippen LogP contribution < -0.4 is 5.73 Å². The van der Waals surface area contributed by atoms with Gasteiger partial charge in [-0.2, -0.15) is 0 Å². The van der Waals surface area contributed by atoms with E-state index in [0.29, 0.717) is 12.2 Å². The molecule has 0 aromatic rings. The highest BCUT2D eigenvalue weighted by molar-refractivity contribution is 5.89. The van der Waals surface area contributed by atoms with Crippen molar-refractivity contribution in [1.82, 2.24) is 4.90 Å². The molecule has 6 nitrogen and oxygen atoms in total.